The molecule has 1 saturated heterocycles. The Morgan fingerprint density at radius 2 is 1.96 bits per heavy atom. The lowest BCUT2D eigenvalue weighted by Crippen LogP contribution is -2.35. The molecule has 1 aliphatic rings. The molecule has 0 spiro atoms. The Balaban J connectivity index is 2.17. The Kier molecular flexibility index (Phi) is 5.12. The van der Waals surface area contributed by atoms with Gasteiger partial charge in [-0.3, -0.25) is 4.79 Å². The molecule has 128 valence electrons. The van der Waals surface area contributed by atoms with Gasteiger partial charge in [-0.2, -0.15) is 0 Å². The molecule has 1 heterocycles. The summed E-state index contributed by atoms with van der Waals surface area (Å²) < 4.78 is 47.8. The average Bonchev–Trinajstić information content (AvgIpc) is 2.88. The van der Waals surface area contributed by atoms with Gasteiger partial charge in [-0.1, -0.05) is 0 Å². The maximum Gasteiger partial charge on any atom is 0.251 e. The Hall–Kier alpha value is -1.45. The van der Waals surface area contributed by atoms with E-state index in [1.54, 1.807) is 6.92 Å². The van der Waals surface area contributed by atoms with E-state index in [4.69, 9.17) is 5.11 Å². The summed E-state index contributed by atoms with van der Waals surface area (Å²) in [6.45, 7) is 1.44. The summed E-state index contributed by atoms with van der Waals surface area (Å²) >= 11 is 0. The van der Waals surface area contributed by atoms with E-state index in [0.717, 1.165) is 0 Å². The van der Waals surface area contributed by atoms with Crippen LogP contribution in [0.5, 0.6) is 0 Å². The number of carbonyl (C=O) groups is 1. The van der Waals surface area contributed by atoms with Gasteiger partial charge in [0.15, 0.2) is 19.7 Å². The molecule has 2 N–H and O–H groups in total. The third-order valence-electron chi connectivity index (χ3n) is 3.73. The molecule has 0 aromatic heterocycles. The van der Waals surface area contributed by atoms with Gasteiger partial charge in [0, 0.05) is 11.6 Å². The van der Waals surface area contributed by atoms with Crippen LogP contribution in [0.4, 0.5) is 0 Å². The summed E-state index contributed by atoms with van der Waals surface area (Å²) in [5.74, 6) is -0.888. The zero-order valence-corrected chi connectivity index (χ0v) is 14.2. The second-order valence-electron chi connectivity index (χ2n) is 5.65. The highest BCUT2D eigenvalue weighted by Gasteiger charge is 2.37. The Labute approximate surface area is 135 Å². The fourth-order valence-electron chi connectivity index (χ4n) is 2.35. The highest BCUT2D eigenvalue weighted by atomic mass is 32.2. The van der Waals surface area contributed by atoms with E-state index < -0.39 is 36.9 Å². The zero-order chi connectivity index (χ0) is 17.3. The number of hydrogen-bond donors (Lipinski definition) is 2. The minimum atomic E-state index is -3.73. The SMILES string of the molecule is C[C@@H](CO)NC(=O)c1ccc(S(=O)(=O)C2CCS(=O)(=O)C2)cc1. The molecule has 2 atom stereocenters. The molecule has 1 fully saturated rings. The summed E-state index contributed by atoms with van der Waals surface area (Å²) in [7, 11) is -7.02. The number of aliphatic hydroxyl groups is 1. The number of amides is 1. The molecule has 0 bridgehead atoms. The quantitative estimate of drug-likeness (QED) is 0.747. The van der Waals surface area contributed by atoms with Crippen LogP contribution in [0.3, 0.4) is 0 Å². The van der Waals surface area contributed by atoms with Gasteiger partial charge in [0.2, 0.25) is 0 Å². The van der Waals surface area contributed by atoms with Gasteiger partial charge in [0.05, 0.1) is 28.3 Å². The summed E-state index contributed by atoms with van der Waals surface area (Å²) in [6.07, 6.45) is 0.0981. The molecule has 0 radical (unpaired) electrons. The van der Waals surface area contributed by atoms with E-state index >= 15 is 0 Å². The summed E-state index contributed by atoms with van der Waals surface area (Å²) in [5.41, 5.74) is 0.267. The third kappa shape index (κ3) is 4.10. The van der Waals surface area contributed by atoms with Crippen LogP contribution in [0.1, 0.15) is 23.7 Å². The van der Waals surface area contributed by atoms with E-state index in [9.17, 15) is 21.6 Å². The molecule has 0 saturated carbocycles. The van der Waals surface area contributed by atoms with E-state index in [1.807, 2.05) is 0 Å². The van der Waals surface area contributed by atoms with Crippen LogP contribution in [0.25, 0.3) is 0 Å². The van der Waals surface area contributed by atoms with Crippen molar-refractivity contribution < 1.29 is 26.7 Å². The van der Waals surface area contributed by atoms with Gasteiger partial charge < -0.3 is 10.4 Å². The molecule has 23 heavy (non-hydrogen) atoms. The minimum absolute atomic E-state index is 0.00589. The second kappa shape index (κ2) is 6.58. The molecule has 1 aromatic rings. The van der Waals surface area contributed by atoms with Gasteiger partial charge in [0.25, 0.3) is 5.91 Å². The molecule has 9 heteroatoms. The van der Waals surface area contributed by atoms with E-state index in [0.29, 0.717) is 0 Å². The first kappa shape index (κ1) is 17.9. The molecular weight excluding hydrogens is 342 g/mol. The number of hydrogen-bond acceptors (Lipinski definition) is 6. The summed E-state index contributed by atoms with van der Waals surface area (Å²) in [6, 6.07) is 4.94. The van der Waals surface area contributed by atoms with Gasteiger partial charge in [-0.25, -0.2) is 16.8 Å². The lowest BCUT2D eigenvalue weighted by molar-refractivity contribution is 0.0922. The highest BCUT2D eigenvalue weighted by molar-refractivity contribution is 7.96. The first-order valence-electron chi connectivity index (χ1n) is 7.12. The molecule has 2 rings (SSSR count). The molecule has 1 aliphatic heterocycles. The monoisotopic (exact) mass is 361 g/mol. The van der Waals surface area contributed by atoms with Gasteiger partial charge >= 0.3 is 0 Å². The number of nitrogens with one attached hydrogen (secondary N) is 1. The van der Waals surface area contributed by atoms with Crippen LogP contribution in [0.15, 0.2) is 29.2 Å². The third-order valence-corrected chi connectivity index (χ3v) is 7.91. The minimum Gasteiger partial charge on any atom is -0.394 e. The van der Waals surface area contributed by atoms with Crippen molar-refractivity contribution >= 4 is 25.6 Å². The van der Waals surface area contributed by atoms with Crippen LogP contribution < -0.4 is 5.32 Å². The smallest absolute Gasteiger partial charge is 0.251 e. The first-order chi connectivity index (χ1) is 10.7. The normalized spacial score (nSPS) is 21.7. The van der Waals surface area contributed by atoms with Crippen molar-refractivity contribution in [1.82, 2.24) is 5.32 Å². The van der Waals surface area contributed by atoms with Crippen molar-refractivity contribution in [3.05, 3.63) is 29.8 Å². The number of carbonyl (C=O) groups excluding carboxylic acids is 1. The number of rotatable bonds is 5. The molecule has 7 nitrogen and oxygen atoms in total. The van der Waals surface area contributed by atoms with Gasteiger partial charge in [-0.15, -0.1) is 0 Å². The number of sulfone groups is 2. The molecule has 0 aliphatic carbocycles. The number of benzene rings is 1. The number of aliphatic hydroxyl groups excluding tert-OH is 1. The van der Waals surface area contributed by atoms with Crippen molar-refractivity contribution in [3.8, 4) is 0 Å². The van der Waals surface area contributed by atoms with Gasteiger partial charge in [0.1, 0.15) is 0 Å². The van der Waals surface area contributed by atoms with Crippen LogP contribution in [-0.4, -0.2) is 57.3 Å². The van der Waals surface area contributed by atoms with Crippen LogP contribution >= 0.6 is 0 Å². The Morgan fingerprint density at radius 3 is 2.43 bits per heavy atom. The lowest BCUT2D eigenvalue weighted by Gasteiger charge is -2.12. The molecule has 1 amide bonds. The maximum absolute atomic E-state index is 12.4. The Bertz CT molecular complexity index is 783. The summed E-state index contributed by atoms with van der Waals surface area (Å²) in [5, 5.41) is 10.5. The van der Waals surface area contributed by atoms with Crippen molar-refractivity contribution in [2.45, 2.75) is 29.5 Å². The first-order valence-corrected chi connectivity index (χ1v) is 10.5. The standard InChI is InChI=1S/C14H19NO6S2/c1-10(8-16)15-14(17)11-2-4-12(5-3-11)23(20,21)13-6-7-22(18,19)9-13/h2-5,10,13,16H,6-9H2,1H3,(H,15,17)/t10-,13?/m0/s1. The zero-order valence-electron chi connectivity index (χ0n) is 12.6. The van der Waals surface area contributed by atoms with Crippen molar-refractivity contribution in [3.63, 3.8) is 0 Å². The largest absolute Gasteiger partial charge is 0.394 e. The van der Waals surface area contributed by atoms with Crippen LogP contribution in [-0.2, 0) is 19.7 Å². The van der Waals surface area contributed by atoms with Crippen molar-refractivity contribution in [2.75, 3.05) is 18.1 Å². The van der Waals surface area contributed by atoms with Crippen LogP contribution in [0, 0.1) is 0 Å². The van der Waals surface area contributed by atoms with Crippen molar-refractivity contribution in [2.24, 2.45) is 0 Å². The highest BCUT2D eigenvalue weighted by Crippen LogP contribution is 2.25. The average molecular weight is 361 g/mol. The maximum atomic E-state index is 12.4. The van der Waals surface area contributed by atoms with E-state index in [-0.39, 0.29) is 35.0 Å². The fourth-order valence-corrected chi connectivity index (χ4v) is 6.71. The lowest BCUT2D eigenvalue weighted by atomic mass is 10.2. The molecular formula is C14H19NO6S2. The fraction of sp³-hybridized carbons (Fsp3) is 0.500. The van der Waals surface area contributed by atoms with Crippen molar-refractivity contribution in [1.29, 1.82) is 0 Å². The Morgan fingerprint density at radius 1 is 1.35 bits per heavy atom. The molecule has 1 unspecified atom stereocenters. The van der Waals surface area contributed by atoms with E-state index in [1.165, 1.54) is 24.3 Å². The second-order valence-corrected chi connectivity index (χ2v) is 10.1. The topological polar surface area (TPSA) is 118 Å². The predicted molar refractivity (Wildman–Crippen MR) is 84.7 cm³/mol. The van der Waals surface area contributed by atoms with Gasteiger partial charge in [-0.05, 0) is 37.6 Å². The van der Waals surface area contributed by atoms with Crippen LogP contribution in [0.2, 0.25) is 0 Å². The summed E-state index contributed by atoms with van der Waals surface area (Å²) in [4.78, 5) is 11.9. The molecule has 1 aromatic carbocycles. The van der Waals surface area contributed by atoms with E-state index in [2.05, 4.69) is 5.32 Å². The predicted octanol–water partition coefficient (Wildman–Crippen LogP) is -0.242.